The fourth-order valence-electron chi connectivity index (χ4n) is 2.66. The Bertz CT molecular complexity index is 880. The van der Waals surface area contributed by atoms with Crippen LogP contribution in [0.4, 0.5) is 5.69 Å². The van der Waals surface area contributed by atoms with Crippen LogP contribution in [0.3, 0.4) is 0 Å². The Morgan fingerprint density at radius 1 is 1.16 bits per heavy atom. The van der Waals surface area contributed by atoms with Gasteiger partial charge in [0.1, 0.15) is 5.84 Å². The van der Waals surface area contributed by atoms with Crippen LogP contribution in [-0.4, -0.2) is 37.7 Å². The standard InChI is InChI=1S/C24H34N4O.C4H8.C2H6.CH5N/c1-6-10-21(17-26-15-9-16-29)14-13-18(3)27-20(5)28-24(7-2)22-11-8-12-23(25)19(22)4;1-3-4-2;2*1-2/h6-8,10-14,26,29H,1,3,9,15-17,25H2,2,4-5H3,(H,27,28);3H,1,4H2,2H3;1-2H3;2H2,1H3/b14-13-,21-10+,24-7-;;;. The van der Waals surface area contributed by atoms with Crippen LogP contribution in [0.1, 0.15) is 58.6 Å². The third kappa shape index (κ3) is 19.7. The van der Waals surface area contributed by atoms with E-state index in [1.165, 1.54) is 7.05 Å². The Hall–Kier alpha value is -3.19. The van der Waals surface area contributed by atoms with E-state index >= 15 is 0 Å². The summed E-state index contributed by atoms with van der Waals surface area (Å²) in [5.41, 5.74) is 16.0. The highest BCUT2D eigenvalue weighted by atomic mass is 16.3. The van der Waals surface area contributed by atoms with E-state index < -0.39 is 0 Å². The number of nitrogens with zero attached hydrogens (tertiary/aromatic N) is 1. The Morgan fingerprint density at radius 3 is 2.30 bits per heavy atom. The molecule has 1 aromatic carbocycles. The summed E-state index contributed by atoms with van der Waals surface area (Å²) in [6, 6.07) is 5.84. The van der Waals surface area contributed by atoms with Crippen LogP contribution in [0.2, 0.25) is 0 Å². The van der Waals surface area contributed by atoms with Gasteiger partial charge in [0.2, 0.25) is 0 Å². The first-order valence-electron chi connectivity index (χ1n) is 12.9. The predicted molar refractivity (Wildman–Crippen MR) is 169 cm³/mol. The van der Waals surface area contributed by atoms with E-state index in [1.807, 2.05) is 83.2 Å². The number of rotatable bonds is 12. The van der Waals surface area contributed by atoms with E-state index in [4.69, 9.17) is 15.8 Å². The van der Waals surface area contributed by atoms with Crippen LogP contribution in [-0.2, 0) is 0 Å². The number of aliphatic imine (C=N–C) groups is 1. The lowest BCUT2D eigenvalue weighted by molar-refractivity contribution is 0.287. The number of nitrogen functional groups attached to an aromatic ring is 1. The summed E-state index contributed by atoms with van der Waals surface area (Å²) >= 11 is 0. The quantitative estimate of drug-likeness (QED) is 0.0566. The van der Waals surface area contributed by atoms with Gasteiger partial charge in [-0.15, -0.1) is 6.58 Å². The molecule has 0 aliphatic heterocycles. The van der Waals surface area contributed by atoms with Crippen molar-refractivity contribution in [3.05, 3.63) is 96.8 Å². The van der Waals surface area contributed by atoms with Crippen LogP contribution in [0.25, 0.3) is 5.70 Å². The van der Waals surface area contributed by atoms with Gasteiger partial charge in [0.15, 0.2) is 0 Å². The summed E-state index contributed by atoms with van der Waals surface area (Å²) in [7, 11) is 1.50. The number of hydrogen-bond donors (Lipinski definition) is 5. The van der Waals surface area contributed by atoms with Crippen molar-refractivity contribution in [1.29, 1.82) is 0 Å². The molecule has 0 aromatic heterocycles. The normalized spacial score (nSPS) is 11.2. The van der Waals surface area contributed by atoms with Crippen molar-refractivity contribution < 1.29 is 5.11 Å². The molecule has 0 saturated heterocycles. The van der Waals surface area contributed by atoms with Crippen LogP contribution < -0.4 is 22.1 Å². The van der Waals surface area contributed by atoms with Crippen molar-refractivity contribution in [2.24, 2.45) is 10.7 Å². The van der Waals surface area contributed by atoms with Crippen molar-refractivity contribution >= 4 is 17.2 Å². The number of nitrogens with two attached hydrogens (primary N) is 2. The third-order valence-corrected chi connectivity index (χ3v) is 4.51. The molecule has 37 heavy (non-hydrogen) atoms. The van der Waals surface area contributed by atoms with Crippen LogP contribution >= 0.6 is 0 Å². The first-order valence-corrected chi connectivity index (χ1v) is 12.9. The first kappa shape index (κ1) is 38.3. The molecule has 0 saturated carbocycles. The van der Waals surface area contributed by atoms with E-state index in [1.54, 1.807) is 6.08 Å². The largest absolute Gasteiger partial charge is 0.398 e. The minimum absolute atomic E-state index is 0.186. The predicted octanol–water partition coefficient (Wildman–Crippen LogP) is 6.28. The molecule has 1 rings (SSSR count). The fourth-order valence-corrected chi connectivity index (χ4v) is 2.66. The zero-order valence-electron chi connectivity index (χ0n) is 24.4. The average molecular weight is 512 g/mol. The number of allylic oxidation sites excluding steroid dienone is 5. The lowest BCUT2D eigenvalue weighted by Crippen LogP contribution is -2.19. The second-order valence-corrected chi connectivity index (χ2v) is 7.30. The summed E-state index contributed by atoms with van der Waals surface area (Å²) in [5, 5.41) is 15.3. The molecule has 0 atom stereocenters. The first-order chi connectivity index (χ1) is 17.8. The second-order valence-electron chi connectivity index (χ2n) is 7.30. The van der Waals surface area contributed by atoms with Gasteiger partial charge in [-0.05, 0) is 70.5 Å². The second kappa shape index (κ2) is 27.4. The molecule has 0 fully saturated rings. The summed E-state index contributed by atoms with van der Waals surface area (Å²) in [5.74, 6) is 0.741. The number of aliphatic hydroxyl groups excluding tert-OH is 1. The Labute approximate surface area is 227 Å². The molecule has 0 spiro atoms. The van der Waals surface area contributed by atoms with Crippen molar-refractivity contribution in [2.75, 3.05) is 32.5 Å². The number of amidine groups is 1. The number of hydrogen-bond acceptors (Lipinski definition) is 5. The van der Waals surface area contributed by atoms with Crippen LogP contribution in [0.15, 0.2) is 90.7 Å². The van der Waals surface area contributed by atoms with Gasteiger partial charge >= 0.3 is 0 Å². The van der Waals surface area contributed by atoms with Gasteiger partial charge in [-0.3, -0.25) is 0 Å². The number of nitrogens with one attached hydrogen (secondary N) is 2. The molecule has 0 radical (unpaired) electrons. The molecular formula is C31H53N5O. The Morgan fingerprint density at radius 2 is 1.78 bits per heavy atom. The highest BCUT2D eigenvalue weighted by molar-refractivity contribution is 5.88. The molecule has 6 heteroatoms. The highest BCUT2D eigenvalue weighted by Gasteiger charge is 2.06. The smallest absolute Gasteiger partial charge is 0.103 e. The monoisotopic (exact) mass is 511 g/mol. The lowest BCUT2D eigenvalue weighted by Gasteiger charge is -2.11. The molecule has 6 nitrogen and oxygen atoms in total. The Balaban J connectivity index is -0.00000128. The van der Waals surface area contributed by atoms with Gasteiger partial charge in [0.05, 0.1) is 5.70 Å². The fraction of sp³-hybridized carbons (Fsp3) is 0.387. The molecule has 0 bridgehead atoms. The summed E-state index contributed by atoms with van der Waals surface area (Å²) < 4.78 is 0. The van der Waals surface area contributed by atoms with Crippen LogP contribution in [0, 0.1) is 6.92 Å². The molecule has 0 aliphatic rings. The van der Waals surface area contributed by atoms with Crippen molar-refractivity contribution in [1.82, 2.24) is 10.6 Å². The average Bonchev–Trinajstić information content (AvgIpc) is 2.92. The topological polar surface area (TPSA) is 109 Å². The van der Waals surface area contributed by atoms with Gasteiger partial charge in [0, 0.05) is 30.1 Å². The zero-order valence-corrected chi connectivity index (χ0v) is 24.4. The maximum atomic E-state index is 8.85. The van der Waals surface area contributed by atoms with Crippen LogP contribution in [0.5, 0.6) is 0 Å². The van der Waals surface area contributed by atoms with Crippen molar-refractivity contribution in [3.63, 3.8) is 0 Å². The molecule has 0 unspecified atom stereocenters. The summed E-state index contributed by atoms with van der Waals surface area (Å²) in [4.78, 5) is 4.69. The molecule has 7 N–H and O–H groups in total. The van der Waals surface area contributed by atoms with Crippen molar-refractivity contribution in [3.8, 4) is 0 Å². The van der Waals surface area contributed by atoms with Crippen molar-refractivity contribution in [2.45, 2.75) is 54.4 Å². The third-order valence-electron chi connectivity index (χ3n) is 4.51. The number of aliphatic hydroxyl groups is 1. The number of benzene rings is 1. The van der Waals surface area contributed by atoms with E-state index in [9.17, 15) is 0 Å². The Kier molecular flexibility index (Phi) is 28.4. The molecule has 0 amide bonds. The highest BCUT2D eigenvalue weighted by Crippen LogP contribution is 2.24. The molecule has 0 heterocycles. The maximum absolute atomic E-state index is 8.85. The minimum Gasteiger partial charge on any atom is -0.398 e. The molecule has 0 aliphatic carbocycles. The van der Waals surface area contributed by atoms with Gasteiger partial charge in [-0.2, -0.15) is 0 Å². The maximum Gasteiger partial charge on any atom is 0.103 e. The summed E-state index contributed by atoms with van der Waals surface area (Å²) in [6.07, 6.45) is 13.2. The number of anilines is 1. The molecule has 208 valence electrons. The van der Waals surface area contributed by atoms with E-state index in [0.717, 1.165) is 59.0 Å². The minimum atomic E-state index is 0.186. The van der Waals surface area contributed by atoms with E-state index in [-0.39, 0.29) is 6.61 Å². The van der Waals surface area contributed by atoms with E-state index in [2.05, 4.69) is 43.0 Å². The van der Waals surface area contributed by atoms with Gasteiger partial charge in [0.25, 0.3) is 0 Å². The van der Waals surface area contributed by atoms with Gasteiger partial charge < -0.3 is 27.2 Å². The zero-order chi connectivity index (χ0) is 29.1. The summed E-state index contributed by atoms with van der Waals surface area (Å²) in [6.45, 7) is 24.8. The lowest BCUT2D eigenvalue weighted by atomic mass is 10.0. The van der Waals surface area contributed by atoms with E-state index in [0.29, 0.717) is 6.54 Å². The molecule has 1 aromatic rings. The van der Waals surface area contributed by atoms with Gasteiger partial charge in [-0.25, -0.2) is 4.99 Å². The molecular weight excluding hydrogens is 458 g/mol. The van der Waals surface area contributed by atoms with Gasteiger partial charge in [-0.1, -0.05) is 76.4 Å². The SMILES string of the molecule is C=C/C=C(\C=C/C(=C)NC(C)=N/C(=C\C)c1cccc(N)c1C)CNCCCO.C=CCC.CC.CN.